The summed E-state index contributed by atoms with van der Waals surface area (Å²) in [5.74, 6) is 0.206. The normalized spacial score (nSPS) is 10.5. The molecule has 0 aliphatic heterocycles. The number of aryl methyl sites for hydroxylation is 1. The van der Waals surface area contributed by atoms with E-state index in [0.717, 1.165) is 5.56 Å². The van der Waals surface area contributed by atoms with Crippen LogP contribution < -0.4 is 15.2 Å². The molecule has 0 amide bonds. The number of methoxy groups -OCH3 is 2. The summed E-state index contributed by atoms with van der Waals surface area (Å²) in [5, 5.41) is 0. The Kier molecular flexibility index (Phi) is 4.24. The summed E-state index contributed by atoms with van der Waals surface area (Å²) >= 11 is 0. The molecule has 0 unspecified atom stereocenters. The lowest BCUT2D eigenvalue weighted by atomic mass is 10.1. The van der Waals surface area contributed by atoms with Gasteiger partial charge in [-0.3, -0.25) is 0 Å². The molecule has 0 N–H and O–H groups in total. The smallest absolute Gasteiger partial charge is 0.350 e. The minimum atomic E-state index is -0.403. The Labute approximate surface area is 138 Å². The third-order valence-corrected chi connectivity index (χ3v) is 3.48. The van der Waals surface area contributed by atoms with Crippen LogP contribution in [0.5, 0.6) is 11.9 Å². The van der Waals surface area contributed by atoms with Crippen molar-refractivity contribution < 1.29 is 9.47 Å². The minimum Gasteiger partial charge on any atom is -0.480 e. The summed E-state index contributed by atoms with van der Waals surface area (Å²) < 4.78 is 11.8. The summed E-state index contributed by atoms with van der Waals surface area (Å²) in [6, 6.07) is 11.7. The average molecular weight is 324 g/mol. The fourth-order valence-corrected chi connectivity index (χ4v) is 2.27. The van der Waals surface area contributed by atoms with Gasteiger partial charge in [-0.15, -0.1) is 0 Å². The van der Waals surface area contributed by atoms with Gasteiger partial charge in [0.2, 0.25) is 5.88 Å². The van der Waals surface area contributed by atoms with Crippen LogP contribution in [0.2, 0.25) is 0 Å². The molecule has 122 valence electrons. The quantitative estimate of drug-likeness (QED) is 0.729. The van der Waals surface area contributed by atoms with Crippen LogP contribution in [-0.2, 0) is 7.05 Å². The first-order valence-corrected chi connectivity index (χ1v) is 7.23. The molecule has 0 spiro atoms. The zero-order valence-corrected chi connectivity index (χ0v) is 13.6. The van der Waals surface area contributed by atoms with E-state index in [0.29, 0.717) is 17.0 Å². The molecular formula is C17H16N4O3. The van der Waals surface area contributed by atoms with Crippen molar-refractivity contribution in [2.24, 2.45) is 7.05 Å². The molecule has 2 heterocycles. The lowest BCUT2D eigenvalue weighted by Crippen LogP contribution is -2.20. The van der Waals surface area contributed by atoms with Crippen molar-refractivity contribution in [3.8, 4) is 34.4 Å². The Hall–Kier alpha value is -3.22. The van der Waals surface area contributed by atoms with E-state index in [4.69, 9.17) is 9.47 Å². The summed E-state index contributed by atoms with van der Waals surface area (Å²) in [6.45, 7) is 0. The lowest BCUT2D eigenvalue weighted by molar-refractivity contribution is 0.380. The number of aromatic nitrogens is 4. The number of rotatable bonds is 4. The van der Waals surface area contributed by atoms with Gasteiger partial charge >= 0.3 is 11.7 Å². The largest absolute Gasteiger partial charge is 0.480 e. The van der Waals surface area contributed by atoms with Crippen LogP contribution in [0, 0.1) is 0 Å². The molecule has 24 heavy (non-hydrogen) atoms. The number of benzene rings is 1. The molecule has 7 heteroatoms. The number of ether oxygens (including phenoxy) is 2. The van der Waals surface area contributed by atoms with Crippen molar-refractivity contribution >= 4 is 0 Å². The molecule has 0 saturated heterocycles. The molecule has 7 nitrogen and oxygen atoms in total. The van der Waals surface area contributed by atoms with Crippen LogP contribution in [0.3, 0.4) is 0 Å². The van der Waals surface area contributed by atoms with Crippen molar-refractivity contribution in [3.05, 3.63) is 53.1 Å². The number of hydrogen-bond donors (Lipinski definition) is 0. The van der Waals surface area contributed by atoms with E-state index in [-0.39, 0.29) is 11.9 Å². The Morgan fingerprint density at radius 3 is 2.33 bits per heavy atom. The van der Waals surface area contributed by atoms with E-state index >= 15 is 0 Å². The van der Waals surface area contributed by atoms with Crippen LogP contribution in [-0.4, -0.2) is 33.7 Å². The van der Waals surface area contributed by atoms with Crippen molar-refractivity contribution in [3.63, 3.8) is 0 Å². The molecule has 0 atom stereocenters. The Bertz CT molecular complexity index is 923. The Morgan fingerprint density at radius 2 is 1.67 bits per heavy atom. The summed E-state index contributed by atoms with van der Waals surface area (Å²) in [6.07, 6.45) is 1.63. The standard InChI is InChI=1S/C17H16N4O3/c1-21-10-12(15(23-2)20-17(21)22)14-9-13(18-16(19-14)24-3)11-7-5-4-6-8-11/h4-10H,1-3H3. The second kappa shape index (κ2) is 6.49. The third-order valence-electron chi connectivity index (χ3n) is 3.48. The lowest BCUT2D eigenvalue weighted by Gasteiger charge is -2.11. The highest BCUT2D eigenvalue weighted by atomic mass is 16.5. The molecule has 0 aliphatic rings. The summed E-state index contributed by atoms with van der Waals surface area (Å²) in [7, 11) is 4.58. The van der Waals surface area contributed by atoms with Gasteiger partial charge in [0, 0.05) is 18.8 Å². The first kappa shape index (κ1) is 15.7. The van der Waals surface area contributed by atoms with Gasteiger partial charge < -0.3 is 14.0 Å². The zero-order chi connectivity index (χ0) is 17.1. The summed E-state index contributed by atoms with van der Waals surface area (Å²) in [5.41, 5.74) is 2.36. The highest BCUT2D eigenvalue weighted by Crippen LogP contribution is 2.29. The molecule has 0 saturated carbocycles. The van der Waals surface area contributed by atoms with E-state index in [9.17, 15) is 4.79 Å². The molecule has 1 aromatic carbocycles. The van der Waals surface area contributed by atoms with Crippen molar-refractivity contribution in [2.75, 3.05) is 14.2 Å². The predicted octanol–water partition coefficient (Wildman–Crippen LogP) is 1.92. The van der Waals surface area contributed by atoms with Crippen molar-refractivity contribution in [2.45, 2.75) is 0 Å². The molecular weight excluding hydrogens is 308 g/mol. The second-order valence-corrected chi connectivity index (χ2v) is 5.05. The van der Waals surface area contributed by atoms with E-state index in [1.807, 2.05) is 36.4 Å². The van der Waals surface area contributed by atoms with Crippen LogP contribution in [0.25, 0.3) is 22.5 Å². The topological polar surface area (TPSA) is 79.1 Å². The van der Waals surface area contributed by atoms with Crippen molar-refractivity contribution in [1.82, 2.24) is 19.5 Å². The van der Waals surface area contributed by atoms with Crippen LogP contribution in [0.1, 0.15) is 0 Å². The van der Waals surface area contributed by atoms with Crippen LogP contribution in [0.4, 0.5) is 0 Å². The SMILES string of the molecule is COc1nc(-c2ccccc2)cc(-c2cn(C)c(=O)nc2OC)n1. The first-order valence-electron chi connectivity index (χ1n) is 7.23. The summed E-state index contributed by atoms with van der Waals surface area (Å²) in [4.78, 5) is 24.4. The van der Waals surface area contributed by atoms with Crippen molar-refractivity contribution in [1.29, 1.82) is 0 Å². The van der Waals surface area contributed by atoms with Gasteiger partial charge in [0.1, 0.15) is 0 Å². The molecule has 0 fully saturated rings. The van der Waals surface area contributed by atoms with E-state index in [1.165, 1.54) is 18.8 Å². The van der Waals surface area contributed by atoms with E-state index < -0.39 is 5.69 Å². The molecule has 3 rings (SSSR count). The molecule has 0 bridgehead atoms. The van der Waals surface area contributed by atoms with E-state index in [2.05, 4.69) is 15.0 Å². The fourth-order valence-electron chi connectivity index (χ4n) is 2.27. The van der Waals surface area contributed by atoms with Gasteiger partial charge in [0.25, 0.3) is 0 Å². The molecule has 0 radical (unpaired) electrons. The fraction of sp³-hybridized carbons (Fsp3) is 0.176. The predicted molar refractivity (Wildman–Crippen MR) is 89.0 cm³/mol. The molecule has 0 aliphatic carbocycles. The first-order chi connectivity index (χ1) is 11.6. The maximum Gasteiger partial charge on any atom is 0.350 e. The second-order valence-electron chi connectivity index (χ2n) is 5.05. The monoisotopic (exact) mass is 324 g/mol. The third kappa shape index (κ3) is 2.96. The van der Waals surface area contributed by atoms with Crippen LogP contribution in [0.15, 0.2) is 47.4 Å². The maximum atomic E-state index is 11.7. The van der Waals surface area contributed by atoms with Gasteiger partial charge in [0.15, 0.2) is 0 Å². The highest BCUT2D eigenvalue weighted by Gasteiger charge is 2.15. The molecule has 3 aromatic rings. The average Bonchev–Trinajstić information content (AvgIpc) is 2.63. The van der Waals surface area contributed by atoms with E-state index in [1.54, 1.807) is 13.2 Å². The zero-order valence-electron chi connectivity index (χ0n) is 13.6. The van der Waals surface area contributed by atoms with Gasteiger partial charge in [-0.05, 0) is 6.07 Å². The molecule has 2 aromatic heterocycles. The van der Waals surface area contributed by atoms with Gasteiger partial charge in [-0.25, -0.2) is 4.79 Å². The maximum absolute atomic E-state index is 11.7. The Morgan fingerprint density at radius 1 is 0.958 bits per heavy atom. The minimum absolute atomic E-state index is 0.206. The van der Waals surface area contributed by atoms with Gasteiger partial charge in [-0.2, -0.15) is 15.0 Å². The van der Waals surface area contributed by atoms with Crippen LogP contribution >= 0.6 is 0 Å². The number of nitrogens with zero attached hydrogens (tertiary/aromatic N) is 4. The Balaban J connectivity index is 2.22. The highest BCUT2D eigenvalue weighted by molar-refractivity contribution is 5.70. The van der Waals surface area contributed by atoms with Gasteiger partial charge in [0.05, 0.1) is 31.2 Å². The number of hydrogen-bond acceptors (Lipinski definition) is 6. The van der Waals surface area contributed by atoms with Gasteiger partial charge in [-0.1, -0.05) is 30.3 Å².